The van der Waals surface area contributed by atoms with E-state index in [1.807, 2.05) is 54.2 Å². The summed E-state index contributed by atoms with van der Waals surface area (Å²) in [5, 5.41) is 2.96. The fourth-order valence-corrected chi connectivity index (χ4v) is 3.06. The summed E-state index contributed by atoms with van der Waals surface area (Å²) in [6, 6.07) is 14.8. The van der Waals surface area contributed by atoms with Gasteiger partial charge in [0.1, 0.15) is 5.82 Å². The number of piperazine rings is 1. The maximum absolute atomic E-state index is 13.9. The number of amides is 2. The maximum Gasteiger partial charge on any atom is 0.317 e. The van der Waals surface area contributed by atoms with Crippen LogP contribution in [0.4, 0.5) is 20.6 Å². The van der Waals surface area contributed by atoms with E-state index in [9.17, 15) is 9.18 Å². The van der Waals surface area contributed by atoms with Crippen LogP contribution < -0.4 is 15.1 Å². The second kappa shape index (κ2) is 8.08. The van der Waals surface area contributed by atoms with Gasteiger partial charge in [-0.1, -0.05) is 24.3 Å². The highest BCUT2D eigenvalue weighted by Gasteiger charge is 2.22. The van der Waals surface area contributed by atoms with Crippen molar-refractivity contribution in [3.63, 3.8) is 0 Å². The lowest BCUT2D eigenvalue weighted by atomic mass is 10.2. The van der Waals surface area contributed by atoms with Crippen molar-refractivity contribution < 1.29 is 9.18 Å². The van der Waals surface area contributed by atoms with Crippen molar-refractivity contribution in [3.8, 4) is 0 Å². The molecule has 138 valence electrons. The maximum atomic E-state index is 13.9. The van der Waals surface area contributed by atoms with Gasteiger partial charge in [0.15, 0.2) is 0 Å². The molecule has 1 aliphatic heterocycles. The Kier molecular flexibility index (Phi) is 5.61. The molecule has 0 atom stereocenters. The Bertz CT molecular complexity index is 740. The molecule has 0 saturated carbocycles. The molecule has 5 nitrogen and oxygen atoms in total. The van der Waals surface area contributed by atoms with E-state index in [-0.39, 0.29) is 11.8 Å². The number of para-hydroxylation sites is 1. The molecule has 1 N–H and O–H groups in total. The molecule has 1 saturated heterocycles. The molecule has 2 amide bonds. The molecule has 0 aromatic heterocycles. The average Bonchev–Trinajstić information content (AvgIpc) is 2.67. The zero-order valence-electron chi connectivity index (χ0n) is 15.3. The van der Waals surface area contributed by atoms with Crippen LogP contribution in [0.5, 0.6) is 0 Å². The van der Waals surface area contributed by atoms with Crippen molar-refractivity contribution in [2.24, 2.45) is 0 Å². The number of urea groups is 1. The van der Waals surface area contributed by atoms with Crippen molar-refractivity contribution in [3.05, 3.63) is 59.9 Å². The molecule has 26 heavy (non-hydrogen) atoms. The van der Waals surface area contributed by atoms with Crippen LogP contribution in [0.15, 0.2) is 48.5 Å². The van der Waals surface area contributed by atoms with Crippen LogP contribution in [-0.4, -0.2) is 51.2 Å². The molecule has 0 radical (unpaired) electrons. The topological polar surface area (TPSA) is 38.8 Å². The molecule has 2 aromatic carbocycles. The predicted octanol–water partition coefficient (Wildman–Crippen LogP) is 2.92. The molecule has 1 fully saturated rings. The summed E-state index contributed by atoms with van der Waals surface area (Å²) in [7, 11) is 4.00. The molecule has 3 rings (SSSR count). The van der Waals surface area contributed by atoms with Crippen molar-refractivity contribution in [2.45, 2.75) is 6.54 Å². The second-order valence-electron chi connectivity index (χ2n) is 6.65. The second-order valence-corrected chi connectivity index (χ2v) is 6.65. The zero-order chi connectivity index (χ0) is 18.5. The summed E-state index contributed by atoms with van der Waals surface area (Å²) in [4.78, 5) is 18.2. The largest absolute Gasteiger partial charge is 0.378 e. The molecule has 0 aliphatic carbocycles. The Labute approximate surface area is 154 Å². The van der Waals surface area contributed by atoms with E-state index in [1.165, 1.54) is 6.07 Å². The molecule has 0 unspecified atom stereocenters. The Hall–Kier alpha value is -2.76. The van der Waals surface area contributed by atoms with Crippen LogP contribution in [0.1, 0.15) is 5.56 Å². The molecule has 1 aliphatic rings. The van der Waals surface area contributed by atoms with Gasteiger partial charge in [-0.25, -0.2) is 9.18 Å². The van der Waals surface area contributed by atoms with E-state index in [0.717, 1.165) is 11.3 Å². The molecule has 2 aromatic rings. The minimum atomic E-state index is -0.216. The summed E-state index contributed by atoms with van der Waals surface area (Å²) in [5.74, 6) is -0.216. The minimum Gasteiger partial charge on any atom is -0.378 e. The van der Waals surface area contributed by atoms with Gasteiger partial charge in [0.25, 0.3) is 0 Å². The number of carbonyl (C=O) groups excluding carboxylic acids is 1. The number of halogens is 1. The predicted molar refractivity (Wildman–Crippen MR) is 103 cm³/mol. The number of carbonyl (C=O) groups is 1. The molecule has 0 spiro atoms. The van der Waals surface area contributed by atoms with Crippen molar-refractivity contribution in [1.82, 2.24) is 10.2 Å². The third-order valence-electron chi connectivity index (χ3n) is 4.66. The monoisotopic (exact) mass is 356 g/mol. The zero-order valence-corrected chi connectivity index (χ0v) is 15.3. The first kappa shape index (κ1) is 18.0. The van der Waals surface area contributed by atoms with Crippen LogP contribution in [0, 0.1) is 5.82 Å². The van der Waals surface area contributed by atoms with Gasteiger partial charge in [0.05, 0.1) is 5.69 Å². The van der Waals surface area contributed by atoms with Gasteiger partial charge in [-0.2, -0.15) is 0 Å². The van der Waals surface area contributed by atoms with Gasteiger partial charge in [0, 0.05) is 52.5 Å². The Morgan fingerprint density at radius 2 is 1.69 bits per heavy atom. The van der Waals surface area contributed by atoms with Crippen molar-refractivity contribution in [2.75, 3.05) is 50.1 Å². The fraction of sp³-hybridized carbons (Fsp3) is 0.350. The van der Waals surface area contributed by atoms with Gasteiger partial charge in [-0.3, -0.25) is 0 Å². The highest BCUT2D eigenvalue weighted by atomic mass is 19.1. The number of rotatable bonds is 4. The van der Waals surface area contributed by atoms with Gasteiger partial charge in [-0.05, 0) is 29.8 Å². The van der Waals surface area contributed by atoms with Gasteiger partial charge < -0.3 is 20.0 Å². The standard InChI is InChI=1S/C20H25FN4O/c1-23(2)17-9-7-16(8-10-17)15-22-20(26)25-13-11-24(12-14-25)19-6-4-3-5-18(19)21/h3-10H,11-15H2,1-2H3,(H,22,26). The number of nitrogens with one attached hydrogen (secondary N) is 1. The Morgan fingerprint density at radius 1 is 1.04 bits per heavy atom. The molecular formula is C20H25FN4O. The first-order valence-corrected chi connectivity index (χ1v) is 8.83. The van der Waals surface area contributed by atoms with Gasteiger partial charge in [-0.15, -0.1) is 0 Å². The lowest BCUT2D eigenvalue weighted by Gasteiger charge is -2.36. The summed E-state index contributed by atoms with van der Waals surface area (Å²) < 4.78 is 13.9. The first-order valence-electron chi connectivity index (χ1n) is 8.83. The van der Waals surface area contributed by atoms with E-state index < -0.39 is 0 Å². The first-order chi connectivity index (χ1) is 12.5. The van der Waals surface area contributed by atoms with Crippen LogP contribution in [0.2, 0.25) is 0 Å². The van der Waals surface area contributed by atoms with E-state index in [1.54, 1.807) is 17.0 Å². The van der Waals surface area contributed by atoms with Crippen LogP contribution in [0.3, 0.4) is 0 Å². The summed E-state index contributed by atoms with van der Waals surface area (Å²) in [5.41, 5.74) is 2.80. The van der Waals surface area contributed by atoms with Crippen LogP contribution in [0.25, 0.3) is 0 Å². The molecule has 1 heterocycles. The van der Waals surface area contributed by atoms with E-state index >= 15 is 0 Å². The number of hydrogen-bond donors (Lipinski definition) is 1. The Balaban J connectivity index is 1.48. The average molecular weight is 356 g/mol. The minimum absolute atomic E-state index is 0.0742. The molecule has 0 bridgehead atoms. The quantitative estimate of drug-likeness (QED) is 0.916. The highest BCUT2D eigenvalue weighted by molar-refractivity contribution is 5.74. The third kappa shape index (κ3) is 4.25. The SMILES string of the molecule is CN(C)c1ccc(CNC(=O)N2CCN(c3ccccc3F)CC2)cc1. The molecular weight excluding hydrogens is 331 g/mol. The highest BCUT2D eigenvalue weighted by Crippen LogP contribution is 2.20. The number of anilines is 2. The number of benzene rings is 2. The summed E-state index contributed by atoms with van der Waals surface area (Å²) >= 11 is 0. The van der Waals surface area contributed by atoms with E-state index in [4.69, 9.17) is 0 Å². The third-order valence-corrected chi connectivity index (χ3v) is 4.66. The Morgan fingerprint density at radius 3 is 2.31 bits per heavy atom. The van der Waals surface area contributed by atoms with Gasteiger partial charge >= 0.3 is 6.03 Å². The summed E-state index contributed by atoms with van der Waals surface area (Å²) in [6.45, 7) is 2.93. The van der Waals surface area contributed by atoms with Crippen molar-refractivity contribution in [1.29, 1.82) is 0 Å². The lowest BCUT2D eigenvalue weighted by Crippen LogP contribution is -2.51. The smallest absolute Gasteiger partial charge is 0.317 e. The number of hydrogen-bond acceptors (Lipinski definition) is 3. The number of nitrogens with zero attached hydrogens (tertiary/aromatic N) is 3. The molecule has 6 heteroatoms. The normalized spacial score (nSPS) is 14.3. The lowest BCUT2D eigenvalue weighted by molar-refractivity contribution is 0.194. The fourth-order valence-electron chi connectivity index (χ4n) is 3.06. The van der Waals surface area contributed by atoms with Crippen molar-refractivity contribution >= 4 is 17.4 Å². The van der Waals surface area contributed by atoms with E-state index in [0.29, 0.717) is 38.4 Å². The van der Waals surface area contributed by atoms with Gasteiger partial charge in [0.2, 0.25) is 0 Å². The summed E-state index contributed by atoms with van der Waals surface area (Å²) in [6.07, 6.45) is 0. The van der Waals surface area contributed by atoms with Crippen LogP contribution >= 0.6 is 0 Å². The van der Waals surface area contributed by atoms with Crippen LogP contribution in [-0.2, 0) is 6.54 Å². The van der Waals surface area contributed by atoms with E-state index in [2.05, 4.69) is 5.32 Å².